The summed E-state index contributed by atoms with van der Waals surface area (Å²) >= 11 is 0. The summed E-state index contributed by atoms with van der Waals surface area (Å²) in [5.74, 6) is 1.43. The molecule has 0 saturated carbocycles. The van der Waals surface area contributed by atoms with Gasteiger partial charge in [0.15, 0.2) is 0 Å². The summed E-state index contributed by atoms with van der Waals surface area (Å²) in [6.07, 6.45) is 2.80. The van der Waals surface area contributed by atoms with Crippen LogP contribution in [0.4, 0.5) is 5.82 Å². The van der Waals surface area contributed by atoms with Crippen molar-refractivity contribution in [1.82, 2.24) is 4.98 Å². The van der Waals surface area contributed by atoms with Crippen LogP contribution in [-0.2, 0) is 6.42 Å². The second-order valence-corrected chi connectivity index (χ2v) is 3.77. The fraction of sp³-hybridized carbons (Fsp3) is 0.545. The smallest absolute Gasteiger partial charge is 0.226 e. The summed E-state index contributed by atoms with van der Waals surface area (Å²) in [6, 6.07) is 3.62. The molecular weight excluding hydrogens is 192 g/mol. The molecule has 1 aromatic heterocycles. The monoisotopic (exact) mass is 208 g/mol. The fourth-order valence-electron chi connectivity index (χ4n) is 1.68. The lowest BCUT2D eigenvalue weighted by molar-refractivity contribution is -0.779. The highest BCUT2D eigenvalue weighted by Gasteiger charge is 2.15. The van der Waals surface area contributed by atoms with E-state index in [9.17, 15) is 5.21 Å². The maximum atomic E-state index is 11.7. The number of unbranched alkanes of at least 4 members (excludes halogenated alkanes) is 1. The van der Waals surface area contributed by atoms with Crippen LogP contribution in [0.2, 0.25) is 0 Å². The van der Waals surface area contributed by atoms with E-state index in [0.29, 0.717) is 19.0 Å². The van der Waals surface area contributed by atoms with Gasteiger partial charge in [0.1, 0.15) is 5.75 Å². The number of hydrogen-bond acceptors (Lipinski definition) is 3. The van der Waals surface area contributed by atoms with E-state index in [4.69, 9.17) is 4.74 Å². The molecule has 0 fully saturated rings. The summed E-state index contributed by atoms with van der Waals surface area (Å²) in [7, 11) is 0. The van der Waals surface area contributed by atoms with Gasteiger partial charge in [0, 0.05) is 12.5 Å². The molecule has 0 spiro atoms. The van der Waals surface area contributed by atoms with Crippen LogP contribution in [0.3, 0.4) is 0 Å². The summed E-state index contributed by atoms with van der Waals surface area (Å²) in [5, 5.41) is 11.8. The fourth-order valence-corrected chi connectivity index (χ4v) is 1.68. The van der Waals surface area contributed by atoms with E-state index >= 15 is 0 Å². The number of nitrogens with zero attached hydrogens (tertiary/aromatic N) is 1. The minimum Gasteiger partial charge on any atom is -0.628 e. The van der Waals surface area contributed by atoms with E-state index in [1.807, 2.05) is 6.07 Å². The number of aromatic nitrogens is 1. The van der Waals surface area contributed by atoms with Crippen LogP contribution in [0.1, 0.15) is 25.5 Å². The molecule has 0 aromatic carbocycles. The first-order chi connectivity index (χ1) is 7.31. The summed E-state index contributed by atoms with van der Waals surface area (Å²) in [6.45, 7) is 3.37. The first kappa shape index (κ1) is 10.4. The molecule has 1 aromatic rings. The van der Waals surface area contributed by atoms with Crippen molar-refractivity contribution in [1.29, 1.82) is 0 Å². The number of rotatable bonds is 4. The molecule has 0 aliphatic carbocycles. The molecule has 0 radical (unpaired) electrons. The van der Waals surface area contributed by atoms with Crippen molar-refractivity contribution in [2.75, 3.05) is 13.2 Å². The van der Waals surface area contributed by atoms with E-state index in [1.54, 1.807) is 6.07 Å². The predicted molar refractivity (Wildman–Crippen MR) is 57.2 cm³/mol. The minimum absolute atomic E-state index is 0.145. The normalized spacial score (nSPS) is 15.9. The van der Waals surface area contributed by atoms with E-state index in [0.717, 1.165) is 30.7 Å². The first-order valence-corrected chi connectivity index (χ1v) is 5.47. The second kappa shape index (κ2) is 4.59. The van der Waals surface area contributed by atoms with Gasteiger partial charge in [-0.3, -0.25) is 0 Å². The number of hydrogen-bond donors (Lipinski definition) is 1. The predicted octanol–water partition coefficient (Wildman–Crippen LogP) is 0.831. The SMILES string of the molecule is CCCC[NH+]([O-])c1ccc2c(n1)CCO2. The minimum atomic E-state index is 0.145. The van der Waals surface area contributed by atoms with Crippen molar-refractivity contribution >= 4 is 5.82 Å². The number of ether oxygens (including phenoxy) is 1. The van der Waals surface area contributed by atoms with Gasteiger partial charge in [0.25, 0.3) is 0 Å². The molecule has 82 valence electrons. The average molecular weight is 208 g/mol. The third kappa shape index (κ3) is 2.27. The Bertz CT molecular complexity index is 341. The van der Waals surface area contributed by atoms with Gasteiger partial charge >= 0.3 is 0 Å². The van der Waals surface area contributed by atoms with Gasteiger partial charge in [-0.15, -0.1) is 0 Å². The summed E-state index contributed by atoms with van der Waals surface area (Å²) in [4.78, 5) is 4.33. The largest absolute Gasteiger partial charge is 0.628 e. The van der Waals surface area contributed by atoms with Gasteiger partial charge in [0.05, 0.1) is 18.8 Å². The van der Waals surface area contributed by atoms with Gasteiger partial charge in [-0.25, -0.2) is 0 Å². The van der Waals surface area contributed by atoms with Crippen molar-refractivity contribution in [3.05, 3.63) is 23.0 Å². The Balaban J connectivity index is 2.08. The number of pyridine rings is 1. The topological polar surface area (TPSA) is 49.6 Å². The molecule has 2 heterocycles. The molecule has 4 nitrogen and oxygen atoms in total. The molecule has 0 bridgehead atoms. The van der Waals surface area contributed by atoms with Gasteiger partial charge in [-0.1, -0.05) is 13.3 Å². The maximum absolute atomic E-state index is 11.7. The van der Waals surface area contributed by atoms with E-state index in [1.165, 1.54) is 0 Å². The molecule has 0 saturated heterocycles. The zero-order valence-corrected chi connectivity index (χ0v) is 8.95. The Hall–Kier alpha value is -1.13. The molecule has 1 aliphatic rings. The number of quaternary nitrogens is 1. The van der Waals surface area contributed by atoms with Crippen LogP contribution in [0, 0.1) is 5.21 Å². The van der Waals surface area contributed by atoms with Gasteiger partial charge in [-0.2, -0.15) is 4.98 Å². The third-order valence-electron chi connectivity index (χ3n) is 2.57. The highest BCUT2D eigenvalue weighted by molar-refractivity contribution is 5.36. The van der Waals surface area contributed by atoms with Gasteiger partial charge < -0.3 is 15.0 Å². The molecule has 15 heavy (non-hydrogen) atoms. The highest BCUT2D eigenvalue weighted by Crippen LogP contribution is 2.23. The second-order valence-electron chi connectivity index (χ2n) is 3.77. The summed E-state index contributed by atoms with van der Waals surface area (Å²) in [5.41, 5.74) is 0.928. The third-order valence-corrected chi connectivity index (χ3v) is 2.57. The van der Waals surface area contributed by atoms with Crippen LogP contribution in [-0.4, -0.2) is 18.1 Å². The van der Waals surface area contributed by atoms with Crippen LogP contribution in [0.25, 0.3) is 0 Å². The standard InChI is InChI=1S/C11H16N2O2/c1-2-3-7-13(14)11-5-4-10-9(12-11)6-8-15-10/h4-5,13H,2-3,6-8H2,1H3. The van der Waals surface area contributed by atoms with Crippen molar-refractivity contribution in [3.8, 4) is 5.75 Å². The van der Waals surface area contributed by atoms with Gasteiger partial charge in [0.2, 0.25) is 5.82 Å². The molecule has 2 rings (SSSR count). The quantitative estimate of drug-likeness (QED) is 0.746. The van der Waals surface area contributed by atoms with Gasteiger partial charge in [-0.05, 0) is 12.5 Å². The van der Waals surface area contributed by atoms with Crippen LogP contribution >= 0.6 is 0 Å². The Morgan fingerprint density at radius 1 is 1.53 bits per heavy atom. The molecule has 4 heteroatoms. The molecule has 1 unspecified atom stereocenters. The zero-order valence-electron chi connectivity index (χ0n) is 8.95. The lowest BCUT2D eigenvalue weighted by Crippen LogP contribution is -3.02. The van der Waals surface area contributed by atoms with Crippen LogP contribution in [0.15, 0.2) is 12.1 Å². The molecule has 1 aliphatic heterocycles. The molecule has 1 N–H and O–H groups in total. The molecular formula is C11H16N2O2. The van der Waals surface area contributed by atoms with E-state index in [-0.39, 0.29) is 5.06 Å². The zero-order chi connectivity index (χ0) is 10.7. The van der Waals surface area contributed by atoms with Crippen molar-refractivity contribution in [2.24, 2.45) is 0 Å². The highest BCUT2D eigenvalue weighted by atomic mass is 16.5. The lowest BCUT2D eigenvalue weighted by Gasteiger charge is -2.20. The average Bonchev–Trinajstić information content (AvgIpc) is 2.72. The van der Waals surface area contributed by atoms with Crippen molar-refractivity contribution in [2.45, 2.75) is 26.2 Å². The molecule has 0 amide bonds. The molecule has 1 atom stereocenters. The number of nitrogens with one attached hydrogen (secondary N) is 1. The number of fused-ring (bicyclic) bond motifs is 1. The first-order valence-electron chi connectivity index (χ1n) is 5.47. The maximum Gasteiger partial charge on any atom is 0.226 e. The number of hydroxylamine groups is 1. The lowest BCUT2D eigenvalue weighted by atomic mass is 10.3. The van der Waals surface area contributed by atoms with Crippen molar-refractivity contribution in [3.63, 3.8) is 0 Å². The summed E-state index contributed by atoms with van der Waals surface area (Å²) < 4.78 is 5.34. The van der Waals surface area contributed by atoms with E-state index < -0.39 is 0 Å². The Labute approximate surface area is 89.5 Å². The Kier molecular flexibility index (Phi) is 3.18. The van der Waals surface area contributed by atoms with E-state index in [2.05, 4.69) is 11.9 Å². The Morgan fingerprint density at radius 3 is 3.20 bits per heavy atom. The Morgan fingerprint density at radius 2 is 2.40 bits per heavy atom. The van der Waals surface area contributed by atoms with Crippen LogP contribution in [0.5, 0.6) is 5.75 Å². The van der Waals surface area contributed by atoms with Crippen molar-refractivity contribution < 1.29 is 9.80 Å². The van der Waals surface area contributed by atoms with Crippen LogP contribution < -0.4 is 9.80 Å².